The van der Waals surface area contributed by atoms with Gasteiger partial charge < -0.3 is 38.3 Å². The Morgan fingerprint density at radius 1 is 0.444 bits per heavy atom. The van der Waals surface area contributed by atoms with E-state index in [-0.39, 0.29) is 19.8 Å². The van der Waals surface area contributed by atoms with Crippen molar-refractivity contribution in [3.05, 3.63) is 75.9 Å². The summed E-state index contributed by atoms with van der Waals surface area (Å²) in [4.78, 5) is 77.9. The van der Waals surface area contributed by atoms with Crippen molar-refractivity contribution in [1.29, 1.82) is 0 Å². The second kappa shape index (κ2) is 23.4. The minimum atomic E-state index is -1.37. The number of hydrogen-bond donors (Lipinski definition) is 1. The third kappa shape index (κ3) is 19.7. The number of carbonyl (C=O) groups is 7. The molecule has 0 saturated heterocycles. The van der Waals surface area contributed by atoms with E-state index in [4.69, 9.17) is 40.0 Å². The summed E-state index contributed by atoms with van der Waals surface area (Å²) in [6.07, 6.45) is 5.53. The van der Waals surface area contributed by atoms with Crippen molar-refractivity contribution >= 4 is 52.8 Å². The van der Waals surface area contributed by atoms with Crippen LogP contribution in [0.5, 0.6) is 0 Å². The van der Waals surface area contributed by atoms with Gasteiger partial charge in [-0.1, -0.05) is 39.5 Å². The molecule has 0 aromatic carbocycles. The summed E-state index contributed by atoms with van der Waals surface area (Å²) in [5, 5.41) is 9.48. The van der Waals surface area contributed by atoms with Crippen LogP contribution in [0.2, 0.25) is 0 Å². The van der Waals surface area contributed by atoms with Crippen LogP contribution in [0.3, 0.4) is 0 Å². The SMILES string of the molecule is C=CC(=O)OCC(CO)(COC(=O)C=C)COC(=O)C=C.C=CC(=O)OCC(COC(=O)Cl)(COC(=O)C=C)COC(=O)C=C. The van der Waals surface area contributed by atoms with E-state index in [0.717, 1.165) is 36.5 Å². The van der Waals surface area contributed by atoms with Gasteiger partial charge in [0.2, 0.25) is 0 Å². The van der Waals surface area contributed by atoms with Gasteiger partial charge in [-0.05, 0) is 0 Å². The topological polar surface area (TPSA) is 204 Å². The van der Waals surface area contributed by atoms with Gasteiger partial charge in [0.05, 0.1) is 12.0 Å². The zero-order valence-electron chi connectivity index (χ0n) is 24.4. The molecule has 0 radical (unpaired) electrons. The van der Waals surface area contributed by atoms with E-state index in [2.05, 4.69) is 44.2 Å². The molecule has 0 aromatic heterocycles. The molecule has 1 N–H and O–H groups in total. The highest BCUT2D eigenvalue weighted by Gasteiger charge is 2.37. The van der Waals surface area contributed by atoms with Crippen LogP contribution in [0.15, 0.2) is 75.9 Å². The van der Waals surface area contributed by atoms with Gasteiger partial charge in [0.15, 0.2) is 0 Å². The maximum absolute atomic E-state index is 11.3. The van der Waals surface area contributed by atoms with E-state index in [1.165, 1.54) is 0 Å². The molecule has 0 rings (SSSR count). The van der Waals surface area contributed by atoms with Crippen molar-refractivity contribution in [2.75, 3.05) is 52.9 Å². The molecule has 0 aliphatic carbocycles. The van der Waals surface area contributed by atoms with Crippen molar-refractivity contribution in [2.45, 2.75) is 0 Å². The molecule has 0 aliphatic rings. The summed E-state index contributed by atoms with van der Waals surface area (Å²) in [7, 11) is 0. The van der Waals surface area contributed by atoms with Crippen LogP contribution in [-0.2, 0) is 61.9 Å². The Kier molecular flexibility index (Phi) is 21.9. The minimum absolute atomic E-state index is 0.330. The van der Waals surface area contributed by atoms with E-state index in [1.807, 2.05) is 0 Å². The molecular formula is C29H35ClO15. The molecule has 0 unspecified atom stereocenters. The van der Waals surface area contributed by atoms with Crippen molar-refractivity contribution in [2.24, 2.45) is 10.8 Å². The number of aliphatic hydroxyl groups is 1. The van der Waals surface area contributed by atoms with Gasteiger partial charge in [-0.25, -0.2) is 33.6 Å². The fraction of sp³-hybridized carbons (Fsp3) is 0.345. The van der Waals surface area contributed by atoms with Crippen molar-refractivity contribution in [3.8, 4) is 0 Å². The quantitative estimate of drug-likeness (QED) is 0.0806. The third-order valence-corrected chi connectivity index (χ3v) is 5.06. The van der Waals surface area contributed by atoms with Crippen LogP contribution in [0.1, 0.15) is 0 Å². The highest BCUT2D eigenvalue weighted by Crippen LogP contribution is 2.22. The summed E-state index contributed by atoms with van der Waals surface area (Å²) in [5.74, 6) is -4.50. The molecule has 15 nitrogen and oxygen atoms in total. The van der Waals surface area contributed by atoms with Crippen LogP contribution in [0, 0.1) is 10.8 Å². The monoisotopic (exact) mass is 658 g/mol. The Hall–Kier alpha value is -5.02. The average molecular weight is 659 g/mol. The first-order chi connectivity index (χ1) is 21.2. The molecule has 248 valence electrons. The molecule has 0 fully saturated rings. The molecule has 0 bridgehead atoms. The largest absolute Gasteiger partial charge is 0.462 e. The molecule has 0 amide bonds. The number of rotatable bonds is 21. The molecule has 0 saturated carbocycles. The lowest BCUT2D eigenvalue weighted by Crippen LogP contribution is -2.43. The lowest BCUT2D eigenvalue weighted by Gasteiger charge is -2.30. The maximum atomic E-state index is 11.3. The van der Waals surface area contributed by atoms with Crippen molar-refractivity contribution in [3.63, 3.8) is 0 Å². The van der Waals surface area contributed by atoms with Crippen molar-refractivity contribution in [1.82, 2.24) is 0 Å². The number of ether oxygens (including phenoxy) is 7. The molecule has 0 aliphatic heterocycles. The molecule has 0 heterocycles. The average Bonchev–Trinajstić information content (AvgIpc) is 3.06. The standard InChI is InChI=1S/C15H17ClO8.C14H18O7/c1-4-11(17)21-7-15(10-24-14(16)20,8-22-12(18)5-2)9-23-13(19)6-3;1-4-11(16)19-8-14(7-15,9-20-12(17)5-2)10-21-13(18)6-3/h4-6H,1-3,7-10H2;4-6,15H,1-3,7-10H2. The summed E-state index contributed by atoms with van der Waals surface area (Å²) in [6, 6.07) is 0. The first kappa shape index (κ1) is 42.1. The first-order valence-corrected chi connectivity index (χ1v) is 12.8. The Morgan fingerprint density at radius 3 is 0.822 bits per heavy atom. The molecule has 0 aromatic rings. The number of hydrogen-bond acceptors (Lipinski definition) is 15. The molecular weight excluding hydrogens is 624 g/mol. The second-order valence-electron chi connectivity index (χ2n) is 8.56. The van der Waals surface area contributed by atoms with Gasteiger partial charge in [-0.3, -0.25) is 0 Å². The summed E-state index contributed by atoms with van der Waals surface area (Å²) in [5.41, 5.74) is -3.80. The Labute approximate surface area is 264 Å². The van der Waals surface area contributed by atoms with Gasteiger partial charge in [0.25, 0.3) is 0 Å². The number of carbonyl (C=O) groups excluding carboxylic acids is 7. The van der Waals surface area contributed by atoms with Gasteiger partial charge in [0, 0.05) is 48.1 Å². The van der Waals surface area contributed by atoms with E-state index in [0.29, 0.717) is 0 Å². The van der Waals surface area contributed by atoms with Gasteiger partial charge >= 0.3 is 41.2 Å². The second-order valence-corrected chi connectivity index (χ2v) is 8.86. The third-order valence-electron chi connectivity index (χ3n) is 4.95. The maximum Gasteiger partial charge on any atom is 0.403 e. The highest BCUT2D eigenvalue weighted by atomic mass is 35.5. The first-order valence-electron chi connectivity index (χ1n) is 12.4. The predicted octanol–water partition coefficient (Wildman–Crippen LogP) is 1.69. The summed E-state index contributed by atoms with van der Waals surface area (Å²) < 4.78 is 33.9. The van der Waals surface area contributed by atoms with Crippen LogP contribution in [-0.4, -0.2) is 99.2 Å². The van der Waals surface area contributed by atoms with E-state index < -0.39 is 85.1 Å². The molecule has 0 atom stereocenters. The summed E-state index contributed by atoms with van der Waals surface area (Å²) >= 11 is 5.12. The zero-order valence-corrected chi connectivity index (χ0v) is 25.2. The van der Waals surface area contributed by atoms with Crippen LogP contribution < -0.4 is 0 Å². The normalized spacial score (nSPS) is 10.1. The van der Waals surface area contributed by atoms with Crippen LogP contribution in [0.4, 0.5) is 4.79 Å². The predicted molar refractivity (Wildman–Crippen MR) is 156 cm³/mol. The number of halogens is 1. The Bertz CT molecular complexity index is 1010. The number of aliphatic hydroxyl groups excluding tert-OH is 1. The zero-order chi connectivity index (χ0) is 34.9. The van der Waals surface area contributed by atoms with E-state index >= 15 is 0 Å². The van der Waals surface area contributed by atoms with Crippen LogP contribution >= 0.6 is 11.6 Å². The highest BCUT2D eigenvalue weighted by molar-refractivity contribution is 6.61. The molecule has 16 heteroatoms. The van der Waals surface area contributed by atoms with Crippen molar-refractivity contribution < 1.29 is 71.8 Å². The minimum Gasteiger partial charge on any atom is -0.462 e. The molecule has 0 spiro atoms. The smallest absolute Gasteiger partial charge is 0.403 e. The van der Waals surface area contributed by atoms with Gasteiger partial charge in [-0.2, -0.15) is 0 Å². The van der Waals surface area contributed by atoms with E-state index in [1.54, 1.807) is 0 Å². The van der Waals surface area contributed by atoms with Crippen LogP contribution in [0.25, 0.3) is 0 Å². The summed E-state index contributed by atoms with van der Waals surface area (Å²) in [6.45, 7) is 16.2. The van der Waals surface area contributed by atoms with Gasteiger partial charge in [0.1, 0.15) is 51.7 Å². The Morgan fingerprint density at radius 2 is 0.644 bits per heavy atom. The number of esters is 6. The molecule has 45 heavy (non-hydrogen) atoms. The van der Waals surface area contributed by atoms with Gasteiger partial charge in [-0.15, -0.1) is 0 Å². The fourth-order valence-electron chi connectivity index (χ4n) is 2.42. The fourth-order valence-corrected chi connectivity index (χ4v) is 2.48. The van der Waals surface area contributed by atoms with E-state index in [9.17, 15) is 38.7 Å². The lowest BCUT2D eigenvalue weighted by atomic mass is 9.92. The Balaban J connectivity index is 0. The lowest BCUT2D eigenvalue weighted by molar-refractivity contribution is -0.161.